The number of allylic oxidation sites excluding steroid dienone is 1. The standard InChI is InChI=1S/C20H38/c1-7-18(8-2)16-19(6,9-3)17(5)15-20(10-4)13-11-12-14-20/h18H,5,7-16H2,1-4,6H3. The zero-order chi connectivity index (χ0) is 15.2. The summed E-state index contributed by atoms with van der Waals surface area (Å²) in [7, 11) is 0. The molecule has 0 nitrogen and oxygen atoms in total. The van der Waals surface area contributed by atoms with Gasteiger partial charge in [-0.1, -0.05) is 78.9 Å². The molecule has 0 N–H and O–H groups in total. The van der Waals surface area contributed by atoms with E-state index in [1.807, 2.05) is 0 Å². The summed E-state index contributed by atoms with van der Waals surface area (Å²) in [5.74, 6) is 0.873. The van der Waals surface area contributed by atoms with Gasteiger partial charge in [0.05, 0.1) is 0 Å². The fourth-order valence-electron chi connectivity index (χ4n) is 4.20. The lowest BCUT2D eigenvalue weighted by atomic mass is 9.66. The van der Waals surface area contributed by atoms with Gasteiger partial charge in [0.15, 0.2) is 0 Å². The second kappa shape index (κ2) is 7.66. The van der Waals surface area contributed by atoms with Crippen molar-refractivity contribution >= 4 is 0 Å². The van der Waals surface area contributed by atoms with E-state index in [0.29, 0.717) is 10.8 Å². The van der Waals surface area contributed by atoms with Crippen molar-refractivity contribution in [3.05, 3.63) is 12.2 Å². The van der Waals surface area contributed by atoms with E-state index in [4.69, 9.17) is 0 Å². The van der Waals surface area contributed by atoms with Crippen LogP contribution >= 0.6 is 0 Å². The number of hydrogen-bond acceptors (Lipinski definition) is 0. The van der Waals surface area contributed by atoms with Gasteiger partial charge in [0.25, 0.3) is 0 Å². The van der Waals surface area contributed by atoms with E-state index in [-0.39, 0.29) is 0 Å². The average molecular weight is 279 g/mol. The highest BCUT2D eigenvalue weighted by Crippen LogP contribution is 2.50. The van der Waals surface area contributed by atoms with Crippen molar-refractivity contribution in [1.82, 2.24) is 0 Å². The molecule has 118 valence electrons. The van der Waals surface area contributed by atoms with E-state index in [9.17, 15) is 0 Å². The van der Waals surface area contributed by atoms with Gasteiger partial charge >= 0.3 is 0 Å². The van der Waals surface area contributed by atoms with E-state index >= 15 is 0 Å². The van der Waals surface area contributed by atoms with Crippen LogP contribution in [0.3, 0.4) is 0 Å². The van der Waals surface area contributed by atoms with Gasteiger partial charge in [0.1, 0.15) is 0 Å². The van der Waals surface area contributed by atoms with Gasteiger partial charge in [0.2, 0.25) is 0 Å². The summed E-state index contributed by atoms with van der Waals surface area (Å²) >= 11 is 0. The Labute approximate surface area is 128 Å². The van der Waals surface area contributed by atoms with Crippen molar-refractivity contribution in [3.63, 3.8) is 0 Å². The smallest absolute Gasteiger partial charge is 0.0119 e. The van der Waals surface area contributed by atoms with E-state index in [0.717, 1.165) is 5.92 Å². The first-order valence-electron chi connectivity index (χ1n) is 9.13. The lowest BCUT2D eigenvalue weighted by Gasteiger charge is -2.39. The van der Waals surface area contributed by atoms with E-state index < -0.39 is 0 Å². The highest BCUT2D eigenvalue weighted by Gasteiger charge is 2.37. The summed E-state index contributed by atoms with van der Waals surface area (Å²) in [4.78, 5) is 0. The van der Waals surface area contributed by atoms with Crippen LogP contribution in [0, 0.1) is 16.7 Å². The molecule has 0 aromatic heterocycles. The summed E-state index contributed by atoms with van der Waals surface area (Å²) in [6, 6.07) is 0. The summed E-state index contributed by atoms with van der Waals surface area (Å²) < 4.78 is 0. The van der Waals surface area contributed by atoms with Gasteiger partial charge in [-0.3, -0.25) is 0 Å². The molecule has 1 rings (SSSR count). The van der Waals surface area contributed by atoms with Crippen molar-refractivity contribution in [2.45, 2.75) is 98.8 Å². The second-order valence-electron chi connectivity index (χ2n) is 7.64. The van der Waals surface area contributed by atoms with E-state index in [1.165, 1.54) is 64.2 Å². The molecule has 0 heterocycles. The van der Waals surface area contributed by atoms with Crippen LogP contribution in [0.4, 0.5) is 0 Å². The maximum Gasteiger partial charge on any atom is -0.0119 e. The van der Waals surface area contributed by atoms with Crippen molar-refractivity contribution in [1.29, 1.82) is 0 Å². The minimum Gasteiger partial charge on any atom is -0.0993 e. The van der Waals surface area contributed by atoms with Gasteiger partial charge in [-0.2, -0.15) is 0 Å². The van der Waals surface area contributed by atoms with Crippen molar-refractivity contribution in [2.24, 2.45) is 16.7 Å². The molecule has 0 bridgehead atoms. The van der Waals surface area contributed by atoms with E-state index in [1.54, 1.807) is 5.57 Å². The maximum atomic E-state index is 4.58. The Bertz CT molecular complexity index is 291. The van der Waals surface area contributed by atoms with Gasteiger partial charge in [0, 0.05) is 0 Å². The van der Waals surface area contributed by atoms with Gasteiger partial charge in [-0.25, -0.2) is 0 Å². The molecule has 0 radical (unpaired) electrons. The fraction of sp³-hybridized carbons (Fsp3) is 0.900. The third-order valence-corrected chi connectivity index (χ3v) is 6.53. The third kappa shape index (κ3) is 4.12. The molecule has 0 aliphatic heterocycles. The van der Waals surface area contributed by atoms with Crippen LogP contribution in [0.15, 0.2) is 12.2 Å². The van der Waals surface area contributed by atoms with Crippen LogP contribution < -0.4 is 0 Å². The SMILES string of the molecule is C=C(CC1(CC)CCCC1)C(C)(CC)CC(CC)CC. The summed E-state index contributed by atoms with van der Waals surface area (Å²) in [6.45, 7) is 16.5. The molecule has 20 heavy (non-hydrogen) atoms. The molecule has 0 saturated heterocycles. The van der Waals surface area contributed by atoms with Crippen LogP contribution in [0.25, 0.3) is 0 Å². The molecule has 1 aliphatic carbocycles. The first kappa shape index (κ1) is 17.8. The van der Waals surface area contributed by atoms with E-state index in [2.05, 4.69) is 41.2 Å². The largest absolute Gasteiger partial charge is 0.0993 e. The Morgan fingerprint density at radius 3 is 2.05 bits per heavy atom. The highest BCUT2D eigenvalue weighted by atomic mass is 14.4. The first-order chi connectivity index (χ1) is 9.45. The predicted octanol–water partition coefficient (Wildman–Crippen LogP) is 7.15. The highest BCUT2D eigenvalue weighted by molar-refractivity contribution is 5.12. The molecule has 1 unspecified atom stereocenters. The van der Waals surface area contributed by atoms with Crippen molar-refractivity contribution < 1.29 is 0 Å². The zero-order valence-electron chi connectivity index (χ0n) is 14.9. The molecular weight excluding hydrogens is 240 g/mol. The molecule has 1 fully saturated rings. The monoisotopic (exact) mass is 278 g/mol. The Morgan fingerprint density at radius 1 is 1.10 bits per heavy atom. The van der Waals surface area contributed by atoms with Gasteiger partial charge in [-0.05, 0) is 48.9 Å². The van der Waals surface area contributed by atoms with Crippen molar-refractivity contribution in [3.8, 4) is 0 Å². The summed E-state index contributed by atoms with van der Waals surface area (Å²) in [5.41, 5.74) is 2.51. The topological polar surface area (TPSA) is 0 Å². The van der Waals surface area contributed by atoms with Crippen LogP contribution in [0.2, 0.25) is 0 Å². The summed E-state index contributed by atoms with van der Waals surface area (Å²) in [5, 5.41) is 0. The maximum absolute atomic E-state index is 4.58. The third-order valence-electron chi connectivity index (χ3n) is 6.53. The molecule has 1 saturated carbocycles. The van der Waals surface area contributed by atoms with Crippen molar-refractivity contribution in [2.75, 3.05) is 0 Å². The van der Waals surface area contributed by atoms with Crippen LogP contribution in [0.5, 0.6) is 0 Å². The summed E-state index contributed by atoms with van der Waals surface area (Å²) in [6.07, 6.45) is 13.6. The Morgan fingerprint density at radius 2 is 1.65 bits per heavy atom. The molecule has 0 heteroatoms. The first-order valence-corrected chi connectivity index (χ1v) is 9.13. The predicted molar refractivity (Wildman–Crippen MR) is 92.0 cm³/mol. The van der Waals surface area contributed by atoms with Gasteiger partial charge in [-0.15, -0.1) is 0 Å². The molecule has 0 amide bonds. The number of rotatable bonds is 9. The average Bonchev–Trinajstić information content (AvgIpc) is 2.93. The number of hydrogen-bond donors (Lipinski definition) is 0. The normalized spacial score (nSPS) is 21.1. The minimum absolute atomic E-state index is 0.363. The lowest BCUT2D eigenvalue weighted by Crippen LogP contribution is -2.26. The molecular formula is C20H38. The Hall–Kier alpha value is -0.260. The minimum atomic E-state index is 0.363. The Kier molecular flexibility index (Phi) is 6.82. The molecule has 0 aromatic rings. The molecule has 0 aromatic carbocycles. The fourth-order valence-corrected chi connectivity index (χ4v) is 4.20. The van der Waals surface area contributed by atoms with Gasteiger partial charge < -0.3 is 0 Å². The lowest BCUT2D eigenvalue weighted by molar-refractivity contribution is 0.217. The van der Waals surface area contributed by atoms with Crippen LogP contribution in [-0.2, 0) is 0 Å². The molecule has 1 atom stereocenters. The molecule has 0 spiro atoms. The second-order valence-corrected chi connectivity index (χ2v) is 7.64. The van der Waals surface area contributed by atoms with Crippen LogP contribution in [0.1, 0.15) is 98.8 Å². The quantitative estimate of drug-likeness (QED) is 0.393. The zero-order valence-corrected chi connectivity index (χ0v) is 14.9. The molecule has 1 aliphatic rings. The Balaban J connectivity index is 2.74. The van der Waals surface area contributed by atoms with Crippen LogP contribution in [-0.4, -0.2) is 0 Å².